The van der Waals surface area contributed by atoms with Gasteiger partial charge in [0.25, 0.3) is 15.6 Å². The molecule has 0 saturated carbocycles. The van der Waals surface area contributed by atoms with Gasteiger partial charge < -0.3 is 4.74 Å². The molecule has 4 rings (SSSR count). The van der Waals surface area contributed by atoms with Crippen LogP contribution in [-0.2, 0) is 10.0 Å². The Kier molecular flexibility index (Phi) is 6.46. The second kappa shape index (κ2) is 9.46. The van der Waals surface area contributed by atoms with Gasteiger partial charge in [-0.3, -0.25) is 14.1 Å². The quantitative estimate of drug-likeness (QED) is 0.384. The van der Waals surface area contributed by atoms with Gasteiger partial charge in [-0.2, -0.15) is 0 Å². The van der Waals surface area contributed by atoms with Crippen molar-refractivity contribution < 1.29 is 13.2 Å². The lowest BCUT2D eigenvalue weighted by atomic mass is 10.2. The molecule has 7 nitrogen and oxygen atoms in total. The first-order valence-corrected chi connectivity index (χ1v) is 12.2. The number of hydrogen-bond acceptors (Lipinski definition) is 5. The first-order valence-electron chi connectivity index (χ1n) is 10.7. The van der Waals surface area contributed by atoms with Crippen LogP contribution >= 0.6 is 0 Å². The molecule has 0 radical (unpaired) electrons. The minimum absolute atomic E-state index is 0.122. The molecular formula is C25H25N3O4S. The van der Waals surface area contributed by atoms with Crippen LogP contribution in [0.1, 0.15) is 25.6 Å². The number of para-hydroxylation sites is 1. The number of nitrogens with zero attached hydrogens (tertiary/aromatic N) is 2. The van der Waals surface area contributed by atoms with Gasteiger partial charge in [-0.15, -0.1) is 0 Å². The second-order valence-electron chi connectivity index (χ2n) is 7.65. The maximum Gasteiger partial charge on any atom is 0.265 e. The third-order valence-electron chi connectivity index (χ3n) is 5.20. The topological polar surface area (TPSA) is 90.3 Å². The van der Waals surface area contributed by atoms with E-state index in [1.807, 2.05) is 6.07 Å². The molecule has 0 unspecified atom stereocenters. The van der Waals surface area contributed by atoms with Crippen LogP contribution in [0.15, 0.2) is 82.5 Å². The van der Waals surface area contributed by atoms with Gasteiger partial charge in [-0.25, -0.2) is 13.4 Å². The number of nitrogens with one attached hydrogen (secondary N) is 1. The van der Waals surface area contributed by atoms with Crippen LogP contribution in [0, 0.1) is 6.92 Å². The fraction of sp³-hybridized carbons (Fsp3) is 0.200. The van der Waals surface area contributed by atoms with Crippen molar-refractivity contribution >= 4 is 26.6 Å². The van der Waals surface area contributed by atoms with E-state index in [2.05, 4.69) is 16.6 Å². The van der Waals surface area contributed by atoms with E-state index in [9.17, 15) is 13.2 Å². The number of hydrogen-bond donors (Lipinski definition) is 1. The molecule has 0 aliphatic carbocycles. The summed E-state index contributed by atoms with van der Waals surface area (Å²) < 4.78 is 35.5. The van der Waals surface area contributed by atoms with Crippen LogP contribution in [0.25, 0.3) is 16.6 Å². The Morgan fingerprint density at radius 2 is 1.76 bits per heavy atom. The van der Waals surface area contributed by atoms with Crippen LogP contribution in [0.4, 0.5) is 5.69 Å². The van der Waals surface area contributed by atoms with Crippen LogP contribution in [0.3, 0.4) is 0 Å². The Labute approximate surface area is 192 Å². The van der Waals surface area contributed by atoms with E-state index in [4.69, 9.17) is 4.74 Å². The number of sulfonamides is 1. The minimum Gasteiger partial charge on any atom is -0.494 e. The highest BCUT2D eigenvalue weighted by Crippen LogP contribution is 2.22. The molecule has 0 saturated heterocycles. The zero-order valence-electron chi connectivity index (χ0n) is 18.5. The minimum atomic E-state index is -3.82. The van der Waals surface area contributed by atoms with Crippen molar-refractivity contribution in [2.45, 2.75) is 31.6 Å². The summed E-state index contributed by atoms with van der Waals surface area (Å²) in [7, 11) is -3.82. The van der Waals surface area contributed by atoms with Gasteiger partial charge in [0.05, 0.1) is 33.8 Å². The molecule has 1 heterocycles. The Hall–Kier alpha value is -3.65. The summed E-state index contributed by atoms with van der Waals surface area (Å²) in [6.45, 7) is 4.42. The van der Waals surface area contributed by atoms with Crippen molar-refractivity contribution in [1.82, 2.24) is 9.55 Å². The number of benzene rings is 3. The number of anilines is 1. The zero-order chi connectivity index (χ0) is 23.4. The molecule has 1 aromatic heterocycles. The standard InChI is InChI=1S/C25H25N3O4S/c1-3-4-16-32-21-12-14-22(15-13-21)33(30,31)27-19-8-7-9-20(17-19)28-18(2)26-24-11-6-5-10-23(24)25(28)29/h5-15,17,27H,3-4,16H2,1-2H3. The average molecular weight is 464 g/mol. The van der Waals surface area contributed by atoms with Crippen molar-refractivity contribution in [3.05, 3.63) is 89.0 Å². The molecule has 0 aliphatic rings. The molecule has 0 amide bonds. The number of aryl methyl sites for hydroxylation is 1. The number of rotatable bonds is 8. The summed E-state index contributed by atoms with van der Waals surface area (Å²) in [5, 5.41) is 0.496. The lowest BCUT2D eigenvalue weighted by Gasteiger charge is -2.13. The van der Waals surface area contributed by atoms with Gasteiger partial charge in [0.1, 0.15) is 11.6 Å². The smallest absolute Gasteiger partial charge is 0.265 e. The van der Waals surface area contributed by atoms with E-state index in [0.29, 0.717) is 40.5 Å². The number of fused-ring (bicyclic) bond motifs is 1. The third kappa shape index (κ3) is 4.90. The number of ether oxygens (including phenoxy) is 1. The zero-order valence-corrected chi connectivity index (χ0v) is 19.3. The molecule has 0 aliphatic heterocycles. The first kappa shape index (κ1) is 22.5. The monoisotopic (exact) mass is 463 g/mol. The van der Waals surface area contributed by atoms with Crippen LogP contribution < -0.4 is 15.0 Å². The molecule has 33 heavy (non-hydrogen) atoms. The summed E-state index contributed by atoms with van der Waals surface area (Å²) in [5.41, 5.74) is 1.28. The van der Waals surface area contributed by atoms with E-state index in [-0.39, 0.29) is 10.5 Å². The molecule has 0 atom stereocenters. The van der Waals surface area contributed by atoms with Crippen molar-refractivity contribution in [1.29, 1.82) is 0 Å². The second-order valence-corrected chi connectivity index (χ2v) is 9.33. The van der Waals surface area contributed by atoms with Crippen LogP contribution in [-0.4, -0.2) is 24.6 Å². The van der Waals surface area contributed by atoms with E-state index < -0.39 is 10.0 Å². The van der Waals surface area contributed by atoms with Crippen LogP contribution in [0.2, 0.25) is 0 Å². The fourth-order valence-electron chi connectivity index (χ4n) is 3.52. The highest BCUT2D eigenvalue weighted by molar-refractivity contribution is 7.92. The third-order valence-corrected chi connectivity index (χ3v) is 6.60. The van der Waals surface area contributed by atoms with Crippen molar-refractivity contribution in [2.75, 3.05) is 11.3 Å². The molecule has 170 valence electrons. The number of unbranched alkanes of at least 4 members (excludes halogenated alkanes) is 1. The van der Waals surface area contributed by atoms with Crippen molar-refractivity contribution in [3.8, 4) is 11.4 Å². The highest BCUT2D eigenvalue weighted by Gasteiger charge is 2.16. The summed E-state index contributed by atoms with van der Waals surface area (Å²) in [6.07, 6.45) is 1.96. The van der Waals surface area contributed by atoms with Gasteiger partial charge in [0.2, 0.25) is 0 Å². The lowest BCUT2D eigenvalue weighted by Crippen LogP contribution is -2.22. The predicted octanol–water partition coefficient (Wildman–Crippen LogP) is 4.67. The largest absolute Gasteiger partial charge is 0.494 e. The van der Waals surface area contributed by atoms with Gasteiger partial charge in [0, 0.05) is 0 Å². The summed E-state index contributed by atoms with van der Waals surface area (Å²) in [5.74, 6) is 1.14. The molecule has 0 bridgehead atoms. The van der Waals surface area contributed by atoms with Crippen molar-refractivity contribution in [2.24, 2.45) is 0 Å². The maximum atomic E-state index is 13.1. The Balaban J connectivity index is 1.61. The van der Waals surface area contributed by atoms with Gasteiger partial charge in [0.15, 0.2) is 0 Å². The number of aromatic nitrogens is 2. The molecule has 3 aromatic carbocycles. The predicted molar refractivity (Wildman–Crippen MR) is 130 cm³/mol. The van der Waals surface area contributed by atoms with Crippen LogP contribution in [0.5, 0.6) is 5.75 Å². The molecule has 4 aromatic rings. The normalized spacial score (nSPS) is 11.5. The highest BCUT2D eigenvalue weighted by atomic mass is 32.2. The summed E-state index contributed by atoms with van der Waals surface area (Å²) in [4.78, 5) is 17.7. The SMILES string of the molecule is CCCCOc1ccc(S(=O)(=O)Nc2cccc(-n3c(C)nc4ccccc4c3=O)c2)cc1. The Morgan fingerprint density at radius 1 is 1.00 bits per heavy atom. The first-order chi connectivity index (χ1) is 15.9. The van der Waals surface area contributed by atoms with E-state index >= 15 is 0 Å². The van der Waals surface area contributed by atoms with E-state index in [1.165, 1.54) is 16.7 Å². The molecular weight excluding hydrogens is 438 g/mol. The molecule has 8 heteroatoms. The van der Waals surface area contributed by atoms with Gasteiger partial charge in [-0.05, 0) is 67.9 Å². The van der Waals surface area contributed by atoms with E-state index in [1.54, 1.807) is 61.5 Å². The average Bonchev–Trinajstić information content (AvgIpc) is 2.80. The molecule has 0 spiro atoms. The summed E-state index contributed by atoms with van der Waals surface area (Å²) in [6, 6.07) is 20.1. The molecule has 1 N–H and O–H groups in total. The van der Waals surface area contributed by atoms with E-state index in [0.717, 1.165) is 12.8 Å². The molecule has 0 fully saturated rings. The Morgan fingerprint density at radius 3 is 2.52 bits per heavy atom. The van der Waals surface area contributed by atoms with Gasteiger partial charge >= 0.3 is 0 Å². The fourth-order valence-corrected chi connectivity index (χ4v) is 4.57. The lowest BCUT2D eigenvalue weighted by molar-refractivity contribution is 0.309. The maximum absolute atomic E-state index is 13.1. The van der Waals surface area contributed by atoms with Crippen molar-refractivity contribution in [3.63, 3.8) is 0 Å². The Bertz CT molecular complexity index is 1440. The van der Waals surface area contributed by atoms with Gasteiger partial charge in [-0.1, -0.05) is 31.5 Å². The summed E-state index contributed by atoms with van der Waals surface area (Å²) >= 11 is 0.